The molecule has 0 spiro atoms. The minimum absolute atomic E-state index is 0.231. The molecule has 1 rings (SSSR count). The average Bonchev–Trinajstić information content (AvgIpc) is 2.64. The van der Waals surface area contributed by atoms with Crippen LogP contribution in [0, 0.1) is 0 Å². The summed E-state index contributed by atoms with van der Waals surface area (Å²) in [6.45, 7) is 9.56. The Bertz CT molecular complexity index is 370. The van der Waals surface area contributed by atoms with Gasteiger partial charge in [0.2, 0.25) is 0 Å². The topological polar surface area (TPSA) is 60.2 Å². The third kappa shape index (κ3) is 2.84. The van der Waals surface area contributed by atoms with Gasteiger partial charge in [-0.25, -0.2) is 9.67 Å². The first-order chi connectivity index (χ1) is 7.71. The Morgan fingerprint density at radius 1 is 1.41 bits per heavy atom. The molecule has 0 aromatic carbocycles. The van der Waals surface area contributed by atoms with E-state index in [0.29, 0.717) is 6.42 Å². The maximum absolute atomic E-state index is 10.5. The Morgan fingerprint density at radius 3 is 2.47 bits per heavy atom. The number of methoxy groups -OCH3 is 1. The summed E-state index contributed by atoms with van der Waals surface area (Å²) in [5.41, 5.74) is -1.64. The summed E-state index contributed by atoms with van der Waals surface area (Å²) in [7, 11) is 1.60. The van der Waals surface area contributed by atoms with Crippen molar-refractivity contribution in [2.45, 2.75) is 58.3 Å². The van der Waals surface area contributed by atoms with E-state index in [1.165, 1.54) is 6.33 Å². The van der Waals surface area contributed by atoms with Gasteiger partial charge in [-0.2, -0.15) is 5.10 Å². The van der Waals surface area contributed by atoms with Crippen molar-refractivity contribution in [2.75, 3.05) is 7.11 Å². The SMILES string of the molecule is COC(C)(C)C(C)(O)Cc1ncnn1C(C)C. The van der Waals surface area contributed by atoms with E-state index >= 15 is 0 Å². The fourth-order valence-corrected chi connectivity index (χ4v) is 1.57. The summed E-state index contributed by atoms with van der Waals surface area (Å²) in [4.78, 5) is 4.21. The number of rotatable bonds is 5. The van der Waals surface area contributed by atoms with E-state index < -0.39 is 11.2 Å². The van der Waals surface area contributed by atoms with Crippen LogP contribution in [0.15, 0.2) is 6.33 Å². The summed E-state index contributed by atoms with van der Waals surface area (Å²) in [5.74, 6) is 0.773. The Labute approximate surface area is 103 Å². The van der Waals surface area contributed by atoms with Gasteiger partial charge in [-0.1, -0.05) is 0 Å². The van der Waals surface area contributed by atoms with Crippen LogP contribution in [0.25, 0.3) is 0 Å². The first-order valence-electron chi connectivity index (χ1n) is 5.87. The second kappa shape index (κ2) is 4.74. The van der Waals surface area contributed by atoms with Crippen LogP contribution < -0.4 is 0 Å². The molecule has 0 amide bonds. The van der Waals surface area contributed by atoms with Crippen molar-refractivity contribution < 1.29 is 9.84 Å². The van der Waals surface area contributed by atoms with E-state index in [2.05, 4.69) is 10.1 Å². The molecule has 1 aromatic heterocycles. The van der Waals surface area contributed by atoms with Crippen LogP contribution in [0.1, 0.15) is 46.5 Å². The van der Waals surface area contributed by atoms with Gasteiger partial charge in [0.15, 0.2) is 0 Å². The molecule has 17 heavy (non-hydrogen) atoms. The molecule has 0 aliphatic rings. The van der Waals surface area contributed by atoms with Crippen LogP contribution in [0.3, 0.4) is 0 Å². The Hall–Kier alpha value is -0.940. The molecule has 1 heterocycles. The van der Waals surface area contributed by atoms with Crippen molar-refractivity contribution in [3.8, 4) is 0 Å². The maximum atomic E-state index is 10.5. The quantitative estimate of drug-likeness (QED) is 0.850. The molecule has 1 aromatic rings. The predicted molar refractivity (Wildman–Crippen MR) is 65.8 cm³/mol. The summed E-state index contributed by atoms with van der Waals surface area (Å²) >= 11 is 0. The van der Waals surface area contributed by atoms with Gasteiger partial charge in [0, 0.05) is 19.6 Å². The summed E-state index contributed by atoms with van der Waals surface area (Å²) < 4.78 is 7.16. The standard InChI is InChI=1S/C12H23N3O2/c1-9(2)15-10(13-8-14-15)7-12(5,16)11(3,4)17-6/h8-9,16H,7H2,1-6H3. The van der Waals surface area contributed by atoms with Crippen molar-refractivity contribution in [1.82, 2.24) is 14.8 Å². The summed E-state index contributed by atoms with van der Waals surface area (Å²) in [5, 5.41) is 14.7. The molecule has 1 unspecified atom stereocenters. The predicted octanol–water partition coefficient (Wildman–Crippen LogP) is 1.58. The van der Waals surface area contributed by atoms with Crippen LogP contribution in [0.4, 0.5) is 0 Å². The zero-order valence-electron chi connectivity index (χ0n) is 11.6. The van der Waals surface area contributed by atoms with Gasteiger partial charge >= 0.3 is 0 Å². The van der Waals surface area contributed by atoms with Crippen LogP contribution in [-0.2, 0) is 11.2 Å². The second-order valence-corrected chi connectivity index (χ2v) is 5.38. The van der Waals surface area contributed by atoms with Gasteiger partial charge in [0.25, 0.3) is 0 Å². The van der Waals surface area contributed by atoms with E-state index in [-0.39, 0.29) is 6.04 Å². The smallest absolute Gasteiger partial charge is 0.138 e. The molecule has 0 bridgehead atoms. The molecule has 0 saturated carbocycles. The zero-order chi connectivity index (χ0) is 13.3. The summed E-state index contributed by atoms with van der Waals surface area (Å²) in [6, 6.07) is 0.231. The molecule has 0 fully saturated rings. The van der Waals surface area contributed by atoms with Crippen molar-refractivity contribution in [3.63, 3.8) is 0 Å². The van der Waals surface area contributed by atoms with E-state index in [1.54, 1.807) is 14.0 Å². The van der Waals surface area contributed by atoms with Crippen molar-refractivity contribution >= 4 is 0 Å². The van der Waals surface area contributed by atoms with E-state index in [4.69, 9.17) is 4.74 Å². The zero-order valence-corrected chi connectivity index (χ0v) is 11.6. The Kier molecular flexibility index (Phi) is 3.94. The number of ether oxygens (including phenoxy) is 1. The van der Waals surface area contributed by atoms with Crippen LogP contribution >= 0.6 is 0 Å². The van der Waals surface area contributed by atoms with E-state index in [1.807, 2.05) is 32.4 Å². The molecule has 1 N–H and O–H groups in total. The van der Waals surface area contributed by atoms with E-state index in [9.17, 15) is 5.11 Å². The molecule has 5 heteroatoms. The molecule has 5 nitrogen and oxygen atoms in total. The average molecular weight is 241 g/mol. The number of hydrogen-bond donors (Lipinski definition) is 1. The highest BCUT2D eigenvalue weighted by atomic mass is 16.5. The van der Waals surface area contributed by atoms with Crippen molar-refractivity contribution in [1.29, 1.82) is 0 Å². The Morgan fingerprint density at radius 2 is 2.00 bits per heavy atom. The second-order valence-electron chi connectivity index (χ2n) is 5.38. The van der Waals surface area contributed by atoms with E-state index in [0.717, 1.165) is 5.82 Å². The minimum atomic E-state index is -0.999. The van der Waals surface area contributed by atoms with Gasteiger partial charge in [-0.15, -0.1) is 0 Å². The lowest BCUT2D eigenvalue weighted by molar-refractivity contribution is -0.140. The molecule has 0 aliphatic heterocycles. The number of nitrogens with zero attached hydrogens (tertiary/aromatic N) is 3. The highest BCUT2D eigenvalue weighted by Crippen LogP contribution is 2.28. The van der Waals surface area contributed by atoms with Gasteiger partial charge in [0.05, 0.1) is 11.2 Å². The summed E-state index contributed by atoms with van der Waals surface area (Å²) in [6.07, 6.45) is 1.93. The monoisotopic (exact) mass is 241 g/mol. The lowest BCUT2D eigenvalue weighted by atomic mass is 9.84. The van der Waals surface area contributed by atoms with Gasteiger partial charge in [0.1, 0.15) is 12.2 Å². The molecular formula is C12H23N3O2. The van der Waals surface area contributed by atoms with Gasteiger partial charge < -0.3 is 9.84 Å². The lowest BCUT2D eigenvalue weighted by Crippen LogP contribution is -2.51. The molecule has 0 saturated heterocycles. The Balaban J connectivity index is 2.94. The molecular weight excluding hydrogens is 218 g/mol. The van der Waals surface area contributed by atoms with Crippen molar-refractivity contribution in [2.24, 2.45) is 0 Å². The van der Waals surface area contributed by atoms with Gasteiger partial charge in [-0.05, 0) is 34.6 Å². The number of hydrogen-bond acceptors (Lipinski definition) is 4. The highest BCUT2D eigenvalue weighted by Gasteiger charge is 2.40. The largest absolute Gasteiger partial charge is 0.387 e. The van der Waals surface area contributed by atoms with Crippen LogP contribution in [-0.4, -0.2) is 38.2 Å². The van der Waals surface area contributed by atoms with Crippen LogP contribution in [0.2, 0.25) is 0 Å². The van der Waals surface area contributed by atoms with Crippen LogP contribution in [0.5, 0.6) is 0 Å². The number of aliphatic hydroxyl groups is 1. The normalized spacial score (nSPS) is 16.2. The number of aromatic nitrogens is 3. The first kappa shape index (κ1) is 14.1. The minimum Gasteiger partial charge on any atom is -0.387 e. The fraction of sp³-hybridized carbons (Fsp3) is 0.833. The van der Waals surface area contributed by atoms with Crippen molar-refractivity contribution in [3.05, 3.63) is 12.2 Å². The van der Waals surface area contributed by atoms with Gasteiger partial charge in [-0.3, -0.25) is 0 Å². The molecule has 0 radical (unpaired) electrons. The molecule has 0 aliphatic carbocycles. The maximum Gasteiger partial charge on any atom is 0.138 e. The lowest BCUT2D eigenvalue weighted by Gasteiger charge is -2.38. The third-order valence-corrected chi connectivity index (χ3v) is 3.45. The highest BCUT2D eigenvalue weighted by molar-refractivity contribution is 5.01. The molecule has 1 atom stereocenters. The fourth-order valence-electron chi connectivity index (χ4n) is 1.57. The first-order valence-corrected chi connectivity index (χ1v) is 5.87. The third-order valence-electron chi connectivity index (χ3n) is 3.45. The molecule has 98 valence electrons.